The standard InChI is InChI=1S/C57H30N4O3/c62-55-38-26-14-11-23-35(38)44-29-41(32-18-6-2-7-19-32)47-53-50(44)59(55)46-40(31-16-4-1-5-17-31)28-43-34-22-10-13-25-37(34)56(63)60-48-42(33-20-8-3-9-21-33)30-45-36-24-12-15-27-39(36)57(64)61(47)51(45)54(48)58(53)52(46)49(43)60/h1-30H. The maximum atomic E-state index is 15.7. The molecule has 0 N–H and O–H groups in total. The smallest absolute Gasteiger partial charge is 0.263 e. The Morgan fingerprint density at radius 3 is 0.750 bits per heavy atom. The number of hydrogen-bond acceptors (Lipinski definition) is 3. The van der Waals surface area contributed by atoms with Crippen molar-refractivity contribution in [2.75, 3.05) is 0 Å². The fourth-order valence-corrected chi connectivity index (χ4v) is 11.4. The molecule has 0 aliphatic carbocycles. The van der Waals surface area contributed by atoms with E-state index in [0.29, 0.717) is 49.3 Å². The van der Waals surface area contributed by atoms with E-state index in [1.54, 1.807) is 0 Å². The number of nitrogens with zero attached hydrogens (tertiary/aromatic N) is 4. The van der Waals surface area contributed by atoms with Crippen LogP contribution in [0, 0.1) is 0 Å². The van der Waals surface area contributed by atoms with Gasteiger partial charge in [0.15, 0.2) is 0 Å². The highest BCUT2D eigenvalue weighted by Gasteiger charge is 2.33. The van der Waals surface area contributed by atoms with E-state index in [1.807, 2.05) is 141 Å². The minimum Gasteiger partial charge on any atom is -0.299 e. The van der Waals surface area contributed by atoms with Gasteiger partial charge in [-0.15, -0.1) is 0 Å². The molecule has 0 spiro atoms. The highest BCUT2D eigenvalue weighted by Crippen LogP contribution is 2.49. The van der Waals surface area contributed by atoms with Crippen molar-refractivity contribution in [1.82, 2.24) is 17.6 Å². The number of benzene rings is 9. The van der Waals surface area contributed by atoms with Crippen molar-refractivity contribution in [2.24, 2.45) is 0 Å². The Morgan fingerprint density at radius 1 is 0.219 bits per heavy atom. The molecule has 0 radical (unpaired) electrons. The van der Waals surface area contributed by atoms with Crippen LogP contribution in [0.25, 0.3) is 132 Å². The molecule has 9 aromatic carbocycles. The number of aromatic nitrogens is 4. The van der Waals surface area contributed by atoms with Gasteiger partial charge in [-0.2, -0.15) is 0 Å². The average Bonchev–Trinajstić information content (AvgIpc) is 3.36. The van der Waals surface area contributed by atoms with Gasteiger partial charge < -0.3 is 0 Å². The minimum absolute atomic E-state index is 0.175. The fourth-order valence-electron chi connectivity index (χ4n) is 11.4. The lowest BCUT2D eigenvalue weighted by Crippen LogP contribution is -2.25. The zero-order valence-corrected chi connectivity index (χ0v) is 33.8. The monoisotopic (exact) mass is 818 g/mol. The van der Waals surface area contributed by atoms with Crippen molar-refractivity contribution in [3.8, 4) is 33.4 Å². The lowest BCUT2D eigenvalue weighted by Gasteiger charge is -2.29. The topological polar surface area (TPSA) is 68.8 Å². The number of fused-ring (bicyclic) bond motifs is 9. The molecule has 15 rings (SSSR count). The molecular weight excluding hydrogens is 789 g/mol. The van der Waals surface area contributed by atoms with Gasteiger partial charge in [0.25, 0.3) is 16.7 Å². The molecule has 0 saturated carbocycles. The van der Waals surface area contributed by atoms with Crippen LogP contribution >= 0.6 is 0 Å². The minimum atomic E-state index is -0.175. The van der Waals surface area contributed by atoms with E-state index < -0.39 is 0 Å². The van der Waals surface area contributed by atoms with Crippen LogP contribution in [0.4, 0.5) is 0 Å². The molecule has 0 aliphatic heterocycles. The summed E-state index contributed by atoms with van der Waals surface area (Å²) in [6.07, 6.45) is 0. The summed E-state index contributed by atoms with van der Waals surface area (Å²) in [5, 5.41) is 6.85. The van der Waals surface area contributed by atoms with Gasteiger partial charge in [0, 0.05) is 49.0 Å². The van der Waals surface area contributed by atoms with Gasteiger partial charge in [-0.1, -0.05) is 146 Å². The first-order chi connectivity index (χ1) is 31.6. The van der Waals surface area contributed by atoms with Gasteiger partial charge in [-0.05, 0) is 69.2 Å². The first-order valence-corrected chi connectivity index (χ1v) is 21.5. The molecule has 0 saturated heterocycles. The Kier molecular flexibility index (Phi) is 6.22. The molecule has 0 amide bonds. The van der Waals surface area contributed by atoms with Crippen LogP contribution < -0.4 is 16.7 Å². The maximum absolute atomic E-state index is 15.7. The molecule has 6 aromatic heterocycles. The van der Waals surface area contributed by atoms with E-state index in [1.165, 1.54) is 0 Å². The molecule has 15 aromatic rings. The van der Waals surface area contributed by atoms with Gasteiger partial charge in [0.2, 0.25) is 0 Å². The number of pyridine rings is 3. The maximum Gasteiger partial charge on any atom is 0.263 e. The Morgan fingerprint density at radius 2 is 0.469 bits per heavy atom. The number of rotatable bonds is 3. The molecule has 296 valence electrons. The summed E-state index contributed by atoms with van der Waals surface area (Å²) in [7, 11) is 0. The quantitative estimate of drug-likeness (QED) is 0.132. The summed E-state index contributed by atoms with van der Waals surface area (Å²) in [4.78, 5) is 47.2. The molecule has 6 heterocycles. The molecule has 0 aliphatic rings. The van der Waals surface area contributed by atoms with Crippen LogP contribution in [-0.2, 0) is 0 Å². The Balaban J connectivity index is 1.43. The fraction of sp³-hybridized carbons (Fsp3) is 0. The molecule has 64 heavy (non-hydrogen) atoms. The van der Waals surface area contributed by atoms with Crippen molar-refractivity contribution in [2.45, 2.75) is 0 Å². The molecule has 0 bridgehead atoms. The van der Waals surface area contributed by atoms with E-state index in [2.05, 4.69) is 59.0 Å². The van der Waals surface area contributed by atoms with Crippen molar-refractivity contribution in [3.63, 3.8) is 0 Å². The van der Waals surface area contributed by atoms with Crippen LogP contribution in [0.5, 0.6) is 0 Å². The first kappa shape index (κ1) is 33.9. The number of hydrogen-bond donors (Lipinski definition) is 0. The zero-order valence-electron chi connectivity index (χ0n) is 33.8. The molecule has 0 fully saturated rings. The normalized spacial score (nSPS) is 12.6. The van der Waals surface area contributed by atoms with E-state index >= 15 is 14.4 Å². The summed E-state index contributed by atoms with van der Waals surface area (Å²) in [6, 6.07) is 60.7. The van der Waals surface area contributed by atoms with Crippen molar-refractivity contribution >= 4 is 98.1 Å². The second kappa shape index (κ2) is 11.8. The molecular formula is C57H30N4O3. The second-order valence-electron chi connectivity index (χ2n) is 17.0. The van der Waals surface area contributed by atoms with Crippen molar-refractivity contribution in [3.05, 3.63) is 213 Å². The molecule has 7 heteroatoms. The molecule has 7 nitrogen and oxygen atoms in total. The van der Waals surface area contributed by atoms with Crippen molar-refractivity contribution < 1.29 is 0 Å². The molecule has 0 atom stereocenters. The third kappa shape index (κ3) is 3.92. The van der Waals surface area contributed by atoms with E-state index in [-0.39, 0.29) is 16.7 Å². The SMILES string of the molecule is O=c1c2ccccc2c2cc(-c3ccccc3)c3c4c2n1c1c(-c2ccccc2)cc2c5ccccc5c(=O)n5c6c(-c7ccccc7)cc7c8ccccc8c(=O)n3c7c6n4c1c25. The summed E-state index contributed by atoms with van der Waals surface area (Å²) in [5.74, 6) is 0. The predicted molar refractivity (Wildman–Crippen MR) is 261 cm³/mol. The van der Waals surface area contributed by atoms with Crippen LogP contribution in [0.1, 0.15) is 0 Å². The van der Waals surface area contributed by atoms with Crippen LogP contribution in [0.15, 0.2) is 196 Å². The summed E-state index contributed by atoms with van der Waals surface area (Å²) in [5.41, 5.74) is 11.2. The lowest BCUT2D eigenvalue weighted by atomic mass is 9.91. The third-order valence-corrected chi connectivity index (χ3v) is 14.0. The summed E-state index contributed by atoms with van der Waals surface area (Å²) < 4.78 is 8.00. The highest BCUT2D eigenvalue weighted by atomic mass is 16.1. The Labute approximate surface area is 360 Å². The van der Waals surface area contributed by atoms with E-state index in [9.17, 15) is 0 Å². The largest absolute Gasteiger partial charge is 0.299 e. The van der Waals surface area contributed by atoms with Crippen LogP contribution in [0.3, 0.4) is 0 Å². The van der Waals surface area contributed by atoms with Crippen molar-refractivity contribution in [1.29, 1.82) is 0 Å². The molecule has 0 unspecified atom stereocenters. The summed E-state index contributed by atoms with van der Waals surface area (Å²) >= 11 is 0. The lowest BCUT2D eigenvalue weighted by molar-refractivity contribution is 1.09. The van der Waals surface area contributed by atoms with E-state index in [4.69, 9.17) is 0 Å². The van der Waals surface area contributed by atoms with Crippen LogP contribution in [0.2, 0.25) is 0 Å². The third-order valence-electron chi connectivity index (χ3n) is 14.0. The zero-order chi connectivity index (χ0) is 42.1. The van der Waals surface area contributed by atoms with Gasteiger partial charge in [0.05, 0.1) is 49.7 Å². The first-order valence-electron chi connectivity index (χ1n) is 21.5. The van der Waals surface area contributed by atoms with Gasteiger partial charge in [0.1, 0.15) is 0 Å². The van der Waals surface area contributed by atoms with Crippen LogP contribution in [-0.4, -0.2) is 17.6 Å². The van der Waals surface area contributed by atoms with E-state index in [0.717, 1.165) is 82.2 Å². The van der Waals surface area contributed by atoms with Gasteiger partial charge in [-0.3, -0.25) is 32.0 Å². The second-order valence-corrected chi connectivity index (χ2v) is 17.0. The summed E-state index contributed by atoms with van der Waals surface area (Å²) in [6.45, 7) is 0. The highest BCUT2D eigenvalue weighted by molar-refractivity contribution is 6.30. The van der Waals surface area contributed by atoms with Gasteiger partial charge in [-0.25, -0.2) is 0 Å². The Hall–Kier alpha value is -8.81. The Bertz CT molecular complexity index is 4220. The predicted octanol–water partition coefficient (Wildman–Crippen LogP) is 12.2. The average molecular weight is 819 g/mol. The van der Waals surface area contributed by atoms with Gasteiger partial charge >= 0.3 is 0 Å².